The molecule has 3 rings (SSSR count). The van der Waals surface area contributed by atoms with Gasteiger partial charge in [-0.25, -0.2) is 9.59 Å². The van der Waals surface area contributed by atoms with Gasteiger partial charge in [-0.1, -0.05) is 0 Å². The van der Waals surface area contributed by atoms with Gasteiger partial charge in [0.2, 0.25) is 0 Å². The Hall–Kier alpha value is -3.29. The van der Waals surface area contributed by atoms with Gasteiger partial charge in [-0.2, -0.15) is 0 Å². The number of aromatic nitrogens is 1. The van der Waals surface area contributed by atoms with Gasteiger partial charge in [0.25, 0.3) is 5.69 Å². The first kappa shape index (κ1) is 16.6. The zero-order valence-electron chi connectivity index (χ0n) is 13.8. The van der Waals surface area contributed by atoms with Gasteiger partial charge in [0.05, 0.1) is 33.9 Å². The highest BCUT2D eigenvalue weighted by Crippen LogP contribution is 2.31. The number of fused-ring (bicyclic) bond motifs is 3. The maximum Gasteiger partial charge on any atom is 0.346 e. The predicted molar refractivity (Wildman–Crippen MR) is 89.9 cm³/mol. The first-order chi connectivity index (χ1) is 11.8. The third-order valence-corrected chi connectivity index (χ3v) is 3.89. The molecule has 128 valence electrons. The number of nitro groups is 1. The van der Waals surface area contributed by atoms with Crippen LogP contribution in [0.1, 0.15) is 28.7 Å². The van der Waals surface area contributed by atoms with Crippen LogP contribution >= 0.6 is 0 Å². The van der Waals surface area contributed by atoms with E-state index in [0.29, 0.717) is 16.8 Å². The number of nitro benzene ring substituents is 1. The second-order valence-corrected chi connectivity index (χ2v) is 5.46. The molecule has 0 fully saturated rings. The molecule has 0 N–H and O–H groups in total. The first-order valence-corrected chi connectivity index (χ1v) is 7.54. The fraction of sp³-hybridized carbons (Fsp3) is 0.235. The third-order valence-electron chi connectivity index (χ3n) is 3.89. The average molecular weight is 342 g/mol. The number of benzene rings is 1. The molecular formula is C17H14N2O6. The lowest BCUT2D eigenvalue weighted by Gasteiger charge is -2.12. The summed E-state index contributed by atoms with van der Waals surface area (Å²) >= 11 is 0. The lowest BCUT2D eigenvalue weighted by molar-refractivity contribution is -0.384. The summed E-state index contributed by atoms with van der Waals surface area (Å²) in [6.07, 6.45) is 0. The molecule has 0 aliphatic carbocycles. The minimum atomic E-state index is -0.660. The van der Waals surface area contributed by atoms with Gasteiger partial charge in [-0.15, -0.1) is 0 Å². The van der Waals surface area contributed by atoms with Crippen LogP contribution in [0, 0.1) is 24.0 Å². The van der Waals surface area contributed by atoms with Crippen LogP contribution in [0.3, 0.4) is 0 Å². The summed E-state index contributed by atoms with van der Waals surface area (Å²) in [5.41, 5.74) is 0.181. The van der Waals surface area contributed by atoms with Gasteiger partial charge in [0.15, 0.2) is 0 Å². The topological polar surface area (TPSA) is 113 Å². The molecule has 0 saturated heterocycles. The van der Waals surface area contributed by atoms with E-state index in [0.717, 1.165) is 0 Å². The van der Waals surface area contributed by atoms with E-state index in [1.54, 1.807) is 20.8 Å². The smallest absolute Gasteiger partial charge is 0.346 e. The molecule has 0 radical (unpaired) electrons. The van der Waals surface area contributed by atoms with E-state index in [9.17, 15) is 19.7 Å². The molecule has 2 aromatic heterocycles. The van der Waals surface area contributed by atoms with Gasteiger partial charge in [-0.3, -0.25) is 15.1 Å². The molecule has 0 unspecified atom stereocenters. The number of carbonyl (C=O) groups is 1. The summed E-state index contributed by atoms with van der Waals surface area (Å²) in [5.74, 6) is -0.643. The molecule has 0 saturated carbocycles. The Kier molecular flexibility index (Phi) is 3.96. The minimum absolute atomic E-state index is 0.112. The van der Waals surface area contributed by atoms with Gasteiger partial charge in [0.1, 0.15) is 5.58 Å². The van der Waals surface area contributed by atoms with Crippen molar-refractivity contribution in [1.82, 2.24) is 4.98 Å². The Morgan fingerprint density at radius 1 is 1.28 bits per heavy atom. The summed E-state index contributed by atoms with van der Waals surface area (Å²) in [5, 5.41) is 11.8. The Balaban J connectivity index is 2.59. The molecule has 8 nitrogen and oxygen atoms in total. The third kappa shape index (κ3) is 2.61. The molecule has 1 aromatic carbocycles. The fourth-order valence-electron chi connectivity index (χ4n) is 2.89. The fourth-order valence-corrected chi connectivity index (χ4v) is 2.89. The zero-order valence-corrected chi connectivity index (χ0v) is 13.8. The summed E-state index contributed by atoms with van der Waals surface area (Å²) in [4.78, 5) is 39.6. The van der Waals surface area contributed by atoms with Crippen LogP contribution in [-0.4, -0.2) is 22.5 Å². The summed E-state index contributed by atoms with van der Waals surface area (Å²) < 4.78 is 10.3. The van der Waals surface area contributed by atoms with Crippen molar-refractivity contribution in [2.24, 2.45) is 0 Å². The Morgan fingerprint density at radius 2 is 2.00 bits per heavy atom. The molecule has 8 heteroatoms. The number of non-ortho nitro benzene ring substituents is 1. The number of hydrogen-bond donors (Lipinski definition) is 0. The van der Waals surface area contributed by atoms with Gasteiger partial charge >= 0.3 is 11.6 Å². The highest BCUT2D eigenvalue weighted by molar-refractivity contribution is 6.16. The number of rotatable bonds is 3. The van der Waals surface area contributed by atoms with E-state index in [1.807, 2.05) is 0 Å². The van der Waals surface area contributed by atoms with Crippen molar-refractivity contribution in [2.75, 3.05) is 6.61 Å². The highest BCUT2D eigenvalue weighted by Gasteiger charge is 2.23. The second kappa shape index (κ2) is 5.97. The molecule has 0 aliphatic heterocycles. The van der Waals surface area contributed by atoms with E-state index in [2.05, 4.69) is 4.98 Å². The maximum absolute atomic E-state index is 12.4. The molecular weight excluding hydrogens is 328 g/mol. The van der Waals surface area contributed by atoms with Crippen molar-refractivity contribution in [3.8, 4) is 0 Å². The SMILES string of the molecule is CCOC(=O)c1c(C)nc(C)c2c(=O)oc3ccc([N+](=O)[O-])cc3c12. The minimum Gasteiger partial charge on any atom is -0.462 e. The number of aryl methyl sites for hydroxylation is 2. The van der Waals surface area contributed by atoms with Crippen molar-refractivity contribution < 1.29 is 18.9 Å². The predicted octanol–water partition coefficient (Wildman–Crippen LogP) is 3.04. The highest BCUT2D eigenvalue weighted by atomic mass is 16.6. The van der Waals surface area contributed by atoms with Crippen LogP contribution in [0.4, 0.5) is 5.69 Å². The van der Waals surface area contributed by atoms with Crippen LogP contribution in [0.2, 0.25) is 0 Å². The van der Waals surface area contributed by atoms with Crippen LogP contribution in [0.5, 0.6) is 0 Å². The summed E-state index contributed by atoms with van der Waals surface area (Å²) in [7, 11) is 0. The quantitative estimate of drug-likeness (QED) is 0.236. The van der Waals surface area contributed by atoms with Crippen molar-refractivity contribution in [3.63, 3.8) is 0 Å². The van der Waals surface area contributed by atoms with Crippen LogP contribution in [0.15, 0.2) is 27.4 Å². The summed E-state index contributed by atoms with van der Waals surface area (Å²) in [6, 6.07) is 3.86. The lowest BCUT2D eigenvalue weighted by atomic mass is 9.99. The van der Waals surface area contributed by atoms with E-state index in [4.69, 9.17) is 9.15 Å². The molecule has 0 bridgehead atoms. The van der Waals surface area contributed by atoms with E-state index in [-0.39, 0.29) is 34.2 Å². The van der Waals surface area contributed by atoms with Crippen LogP contribution in [0.25, 0.3) is 21.7 Å². The second-order valence-electron chi connectivity index (χ2n) is 5.46. The number of hydrogen-bond acceptors (Lipinski definition) is 7. The number of nitrogens with zero attached hydrogens (tertiary/aromatic N) is 2. The molecule has 3 aromatic rings. The number of carbonyl (C=O) groups excluding carboxylic acids is 1. The molecule has 0 spiro atoms. The Morgan fingerprint density at radius 3 is 2.64 bits per heavy atom. The number of esters is 1. The zero-order chi connectivity index (χ0) is 18.3. The van der Waals surface area contributed by atoms with Crippen molar-refractivity contribution in [1.29, 1.82) is 0 Å². The van der Waals surface area contributed by atoms with Crippen LogP contribution in [-0.2, 0) is 4.74 Å². The van der Waals surface area contributed by atoms with Gasteiger partial charge in [0, 0.05) is 22.9 Å². The largest absolute Gasteiger partial charge is 0.462 e. The monoisotopic (exact) mass is 342 g/mol. The Labute approximate surface area is 141 Å². The van der Waals surface area contributed by atoms with E-state index < -0.39 is 16.5 Å². The molecule has 2 heterocycles. The van der Waals surface area contributed by atoms with Crippen molar-refractivity contribution >= 4 is 33.4 Å². The molecule has 25 heavy (non-hydrogen) atoms. The standard InChI is InChI=1S/C17H14N2O6/c1-4-24-16(20)13-8(2)18-9(3)14-15(13)11-7-10(19(22)23)5-6-12(11)25-17(14)21/h5-7H,4H2,1-3H3. The molecule has 0 aliphatic rings. The number of ether oxygens (including phenoxy) is 1. The van der Waals surface area contributed by atoms with Gasteiger partial charge < -0.3 is 9.15 Å². The lowest BCUT2D eigenvalue weighted by Crippen LogP contribution is -2.13. The average Bonchev–Trinajstić information content (AvgIpc) is 2.54. The van der Waals surface area contributed by atoms with E-state index in [1.165, 1.54) is 18.2 Å². The Bertz CT molecular complexity index is 1100. The molecule has 0 amide bonds. The molecule has 0 atom stereocenters. The van der Waals surface area contributed by atoms with E-state index >= 15 is 0 Å². The first-order valence-electron chi connectivity index (χ1n) is 7.54. The van der Waals surface area contributed by atoms with Crippen LogP contribution < -0.4 is 5.63 Å². The normalized spacial score (nSPS) is 11.0. The maximum atomic E-state index is 12.4. The number of pyridine rings is 1. The van der Waals surface area contributed by atoms with Crippen molar-refractivity contribution in [2.45, 2.75) is 20.8 Å². The summed E-state index contributed by atoms with van der Waals surface area (Å²) in [6.45, 7) is 5.04. The van der Waals surface area contributed by atoms with Gasteiger partial charge in [-0.05, 0) is 26.8 Å². The van der Waals surface area contributed by atoms with Crippen molar-refractivity contribution in [3.05, 3.63) is 55.7 Å².